The molecule has 0 aromatic heterocycles. The molecular formula is C16H20I2N2OS2. The fourth-order valence-electron chi connectivity index (χ4n) is 3.40. The Kier molecular flexibility index (Phi) is 7.27. The molecule has 1 fully saturated rings. The lowest BCUT2D eigenvalue weighted by molar-refractivity contribution is 0.144. The van der Waals surface area contributed by atoms with Gasteiger partial charge in [-0.15, -0.1) is 0 Å². The molecule has 1 unspecified atom stereocenters. The molecule has 2 heterocycles. The highest BCUT2D eigenvalue weighted by atomic mass is 127. The van der Waals surface area contributed by atoms with Crippen molar-refractivity contribution in [1.82, 2.24) is 8.61 Å². The standard InChI is InChI=1S/C16H20I2N2OS2/c1-2-21-16-10-15(12-6-4-3-5-7-12)20(23-18)14-8-9-19(22-17)11-13(14)16/h3-7,14-15H,2,8-11H2,1H3/t14?,15-/m0/s1. The molecule has 7 heteroatoms. The molecule has 2 aliphatic heterocycles. The molecular weight excluding hydrogens is 554 g/mol. The second-order valence-corrected chi connectivity index (χ2v) is 9.26. The molecule has 0 aliphatic carbocycles. The fourth-order valence-corrected chi connectivity index (χ4v) is 7.04. The number of benzene rings is 1. The minimum atomic E-state index is 0.396. The maximum absolute atomic E-state index is 6.09. The molecule has 126 valence electrons. The van der Waals surface area contributed by atoms with Crippen LogP contribution in [0.2, 0.25) is 0 Å². The molecule has 0 N–H and O–H groups in total. The van der Waals surface area contributed by atoms with Gasteiger partial charge >= 0.3 is 0 Å². The van der Waals surface area contributed by atoms with Gasteiger partial charge in [0.25, 0.3) is 0 Å². The lowest BCUT2D eigenvalue weighted by atomic mass is 9.88. The molecule has 1 aromatic carbocycles. The van der Waals surface area contributed by atoms with Gasteiger partial charge in [0.15, 0.2) is 0 Å². The maximum atomic E-state index is 6.09. The summed E-state index contributed by atoms with van der Waals surface area (Å²) < 4.78 is 11.1. The van der Waals surface area contributed by atoms with E-state index in [4.69, 9.17) is 4.74 Å². The van der Waals surface area contributed by atoms with Gasteiger partial charge in [-0.25, -0.2) is 8.61 Å². The van der Waals surface area contributed by atoms with Gasteiger partial charge in [0.05, 0.1) is 18.4 Å². The summed E-state index contributed by atoms with van der Waals surface area (Å²) in [6, 6.07) is 11.7. The number of piperidine rings is 1. The van der Waals surface area contributed by atoms with E-state index in [0.717, 1.165) is 26.1 Å². The highest BCUT2D eigenvalue weighted by Crippen LogP contribution is 2.47. The third-order valence-electron chi connectivity index (χ3n) is 4.43. The first-order valence-corrected chi connectivity index (χ1v) is 14.4. The van der Waals surface area contributed by atoms with Gasteiger partial charge in [-0.05, 0) is 37.1 Å². The number of halogens is 2. The normalized spacial score (nSPS) is 26.2. The average molecular weight is 574 g/mol. The van der Waals surface area contributed by atoms with E-state index in [1.165, 1.54) is 23.3 Å². The van der Waals surface area contributed by atoms with Crippen LogP contribution in [-0.2, 0) is 4.74 Å². The number of ether oxygens (including phenoxy) is 1. The van der Waals surface area contributed by atoms with Gasteiger partial charge < -0.3 is 4.74 Å². The number of rotatable bonds is 5. The Morgan fingerprint density at radius 1 is 1.17 bits per heavy atom. The van der Waals surface area contributed by atoms with Crippen molar-refractivity contribution in [3.63, 3.8) is 0 Å². The minimum absolute atomic E-state index is 0.396. The molecule has 0 amide bonds. The molecule has 3 nitrogen and oxygen atoms in total. The monoisotopic (exact) mass is 574 g/mol. The minimum Gasteiger partial charge on any atom is -0.498 e. The van der Waals surface area contributed by atoms with E-state index < -0.39 is 0 Å². The zero-order valence-corrected chi connectivity index (χ0v) is 18.9. The highest BCUT2D eigenvalue weighted by Gasteiger charge is 2.40. The summed E-state index contributed by atoms with van der Waals surface area (Å²) in [6.07, 6.45) is 2.14. The van der Waals surface area contributed by atoms with E-state index in [2.05, 4.69) is 88.3 Å². The van der Waals surface area contributed by atoms with Gasteiger partial charge in [0.2, 0.25) is 0 Å². The molecule has 0 radical (unpaired) electrons. The van der Waals surface area contributed by atoms with Crippen molar-refractivity contribution in [3.05, 3.63) is 47.2 Å². The Hall–Kier alpha value is 0.840. The van der Waals surface area contributed by atoms with E-state index in [0.29, 0.717) is 12.1 Å². The van der Waals surface area contributed by atoms with Crippen LogP contribution in [0, 0.1) is 0 Å². The molecule has 3 rings (SSSR count). The van der Waals surface area contributed by atoms with Gasteiger partial charge in [0, 0.05) is 73.5 Å². The SMILES string of the molecule is CCOC1=C2CN(SI)CCC2N(SI)[C@H](c2ccccc2)C1. The number of hydrogen-bond donors (Lipinski definition) is 0. The molecule has 23 heavy (non-hydrogen) atoms. The lowest BCUT2D eigenvalue weighted by Crippen LogP contribution is -2.46. The van der Waals surface area contributed by atoms with E-state index in [1.54, 1.807) is 0 Å². The lowest BCUT2D eigenvalue weighted by Gasteiger charge is -2.45. The Morgan fingerprint density at radius 2 is 1.96 bits per heavy atom. The van der Waals surface area contributed by atoms with E-state index >= 15 is 0 Å². The van der Waals surface area contributed by atoms with Crippen LogP contribution >= 0.6 is 60.6 Å². The van der Waals surface area contributed by atoms with Crippen molar-refractivity contribution in [1.29, 1.82) is 0 Å². The summed E-state index contributed by atoms with van der Waals surface area (Å²) in [7, 11) is 3.66. The highest BCUT2D eigenvalue weighted by molar-refractivity contribution is 14.2. The summed E-state index contributed by atoms with van der Waals surface area (Å²) in [5.74, 6) is 1.23. The Bertz CT molecular complexity index is 558. The van der Waals surface area contributed by atoms with Crippen LogP contribution in [0.1, 0.15) is 31.4 Å². The number of hydrogen-bond acceptors (Lipinski definition) is 5. The first-order valence-electron chi connectivity index (χ1n) is 7.78. The Balaban J connectivity index is 1.95. The van der Waals surface area contributed by atoms with Crippen LogP contribution < -0.4 is 0 Å². The summed E-state index contributed by atoms with van der Waals surface area (Å²) in [5.41, 5.74) is 2.87. The zero-order chi connectivity index (χ0) is 16.2. The van der Waals surface area contributed by atoms with Gasteiger partial charge in [-0.2, -0.15) is 0 Å². The van der Waals surface area contributed by atoms with Crippen LogP contribution in [-0.4, -0.2) is 34.3 Å². The molecule has 0 bridgehead atoms. The zero-order valence-electron chi connectivity index (χ0n) is 13.0. The second kappa shape index (κ2) is 8.98. The predicted molar refractivity (Wildman–Crippen MR) is 117 cm³/mol. The van der Waals surface area contributed by atoms with Gasteiger partial charge in [-0.3, -0.25) is 0 Å². The van der Waals surface area contributed by atoms with Crippen LogP contribution in [0.4, 0.5) is 0 Å². The predicted octanol–water partition coefficient (Wildman–Crippen LogP) is 5.79. The van der Waals surface area contributed by atoms with Crippen molar-refractivity contribution in [2.75, 3.05) is 19.7 Å². The number of fused-ring (bicyclic) bond motifs is 1. The second-order valence-electron chi connectivity index (χ2n) is 5.68. The van der Waals surface area contributed by atoms with Crippen LogP contribution in [0.15, 0.2) is 41.7 Å². The Labute approximate surface area is 171 Å². The van der Waals surface area contributed by atoms with Crippen molar-refractivity contribution < 1.29 is 4.74 Å². The molecule has 0 spiro atoms. The smallest absolute Gasteiger partial charge is 0.1000 e. The molecule has 1 saturated heterocycles. The first kappa shape index (κ1) is 18.6. The molecule has 2 atom stereocenters. The van der Waals surface area contributed by atoms with Gasteiger partial charge in [-0.1, -0.05) is 30.3 Å². The fraction of sp³-hybridized carbons (Fsp3) is 0.500. The third kappa shape index (κ3) is 4.16. The topological polar surface area (TPSA) is 15.7 Å². The van der Waals surface area contributed by atoms with E-state index in [9.17, 15) is 0 Å². The summed E-state index contributed by atoms with van der Waals surface area (Å²) >= 11 is 4.83. The summed E-state index contributed by atoms with van der Waals surface area (Å²) in [4.78, 5) is 0. The third-order valence-corrected chi connectivity index (χ3v) is 8.64. The van der Waals surface area contributed by atoms with Crippen molar-refractivity contribution in [2.45, 2.75) is 31.8 Å². The van der Waals surface area contributed by atoms with Crippen LogP contribution in [0.25, 0.3) is 0 Å². The quantitative estimate of drug-likeness (QED) is 0.326. The van der Waals surface area contributed by atoms with Crippen LogP contribution in [0.3, 0.4) is 0 Å². The Morgan fingerprint density at radius 3 is 2.61 bits per heavy atom. The largest absolute Gasteiger partial charge is 0.498 e. The van der Waals surface area contributed by atoms with Crippen molar-refractivity contribution in [3.8, 4) is 0 Å². The molecule has 2 aliphatic rings. The maximum Gasteiger partial charge on any atom is 0.1000 e. The average Bonchev–Trinajstić information content (AvgIpc) is 2.62. The molecule has 1 aromatic rings. The molecule has 0 saturated carbocycles. The summed E-state index contributed by atoms with van der Waals surface area (Å²) in [5, 5.41) is 0. The van der Waals surface area contributed by atoms with Gasteiger partial charge in [0.1, 0.15) is 0 Å². The van der Waals surface area contributed by atoms with Crippen LogP contribution in [0.5, 0.6) is 0 Å². The van der Waals surface area contributed by atoms with E-state index in [-0.39, 0.29) is 0 Å². The summed E-state index contributed by atoms with van der Waals surface area (Å²) in [6.45, 7) is 4.99. The number of nitrogens with zero attached hydrogens (tertiary/aromatic N) is 2. The first-order chi connectivity index (χ1) is 11.3. The van der Waals surface area contributed by atoms with Crippen molar-refractivity contribution >= 4 is 60.6 Å². The van der Waals surface area contributed by atoms with E-state index in [1.807, 2.05) is 18.2 Å². The van der Waals surface area contributed by atoms with Crippen molar-refractivity contribution in [2.24, 2.45) is 0 Å².